The van der Waals surface area contributed by atoms with Crippen LogP contribution < -0.4 is 5.32 Å². The van der Waals surface area contributed by atoms with Crippen molar-refractivity contribution in [3.8, 4) is 0 Å². The number of aryl methyl sites for hydroxylation is 1. The molecule has 2 aromatic rings. The van der Waals surface area contributed by atoms with Crippen LogP contribution in [-0.4, -0.2) is 63.9 Å². The quantitative estimate of drug-likeness (QED) is 0.355. The first-order valence-corrected chi connectivity index (χ1v) is 12.1. The maximum absolute atomic E-state index is 5.98. The van der Waals surface area contributed by atoms with Crippen LogP contribution in [0.1, 0.15) is 30.1 Å². The molecule has 1 atom stereocenters. The molecule has 1 aliphatic rings. The van der Waals surface area contributed by atoms with E-state index in [0.717, 1.165) is 62.4 Å². The molecule has 1 saturated heterocycles. The minimum absolute atomic E-state index is 0.531. The van der Waals surface area contributed by atoms with Crippen molar-refractivity contribution in [2.24, 2.45) is 18.0 Å². The summed E-state index contributed by atoms with van der Waals surface area (Å²) in [4.78, 5) is 7.23. The Balaban J connectivity index is 1.53. The lowest BCUT2D eigenvalue weighted by Gasteiger charge is -2.22. The maximum atomic E-state index is 5.98. The Hall–Kier alpha value is -2.06. The number of hydrogen-bond acceptors (Lipinski definition) is 5. The summed E-state index contributed by atoms with van der Waals surface area (Å²) in [7, 11) is 1.99. The Bertz CT molecular complexity index is 794. The lowest BCUT2D eigenvalue weighted by atomic mass is 10.1. The summed E-state index contributed by atoms with van der Waals surface area (Å²) >= 11 is 1.88. The molecule has 1 aromatic carbocycles. The zero-order chi connectivity index (χ0) is 21.2. The second-order valence-corrected chi connectivity index (χ2v) is 8.72. The average Bonchev–Trinajstić information content (AvgIpc) is 3.36. The molecule has 1 aromatic heterocycles. The monoisotopic (exact) mass is 430 g/mol. The van der Waals surface area contributed by atoms with Crippen LogP contribution in [0.2, 0.25) is 0 Å². The fraction of sp³-hybridized carbons (Fsp3) is 0.591. The number of ether oxygens (including phenoxy) is 1. The Labute approximate surface area is 184 Å². The van der Waals surface area contributed by atoms with E-state index in [4.69, 9.17) is 9.73 Å². The van der Waals surface area contributed by atoms with Crippen molar-refractivity contribution >= 4 is 17.7 Å². The van der Waals surface area contributed by atoms with E-state index in [2.05, 4.69) is 50.9 Å². The molecule has 0 spiro atoms. The number of nitrogens with one attached hydrogen (secondary N) is 1. The van der Waals surface area contributed by atoms with Gasteiger partial charge < -0.3 is 19.5 Å². The number of nitrogens with zero attached hydrogens (tertiary/aromatic N) is 5. The van der Waals surface area contributed by atoms with E-state index in [1.165, 1.54) is 5.56 Å². The molecule has 1 aliphatic heterocycles. The van der Waals surface area contributed by atoms with Gasteiger partial charge in [0.05, 0.1) is 13.2 Å². The van der Waals surface area contributed by atoms with Crippen molar-refractivity contribution in [3.63, 3.8) is 0 Å². The second-order valence-electron chi connectivity index (χ2n) is 7.74. The van der Waals surface area contributed by atoms with Gasteiger partial charge in [-0.3, -0.25) is 0 Å². The van der Waals surface area contributed by atoms with Crippen molar-refractivity contribution in [3.05, 3.63) is 47.5 Å². The summed E-state index contributed by atoms with van der Waals surface area (Å²) in [5.74, 6) is 4.45. The number of likely N-dealkylation sites (tertiary alicyclic amines) is 1. The number of aliphatic imine (C=N–C) groups is 1. The van der Waals surface area contributed by atoms with Gasteiger partial charge in [0.1, 0.15) is 12.4 Å². The molecule has 1 unspecified atom stereocenters. The Morgan fingerprint density at radius 3 is 2.87 bits per heavy atom. The molecule has 0 bridgehead atoms. The topological polar surface area (TPSA) is 67.6 Å². The molecule has 0 radical (unpaired) electrons. The van der Waals surface area contributed by atoms with Gasteiger partial charge in [0.2, 0.25) is 0 Å². The number of thioether (sulfide) groups is 1. The zero-order valence-corrected chi connectivity index (χ0v) is 19.2. The molecule has 0 aliphatic carbocycles. The van der Waals surface area contributed by atoms with E-state index >= 15 is 0 Å². The Morgan fingerprint density at radius 2 is 2.13 bits per heavy atom. The smallest absolute Gasteiger partial charge is 0.194 e. The van der Waals surface area contributed by atoms with Gasteiger partial charge >= 0.3 is 0 Å². The highest BCUT2D eigenvalue weighted by Gasteiger charge is 2.25. The van der Waals surface area contributed by atoms with Crippen molar-refractivity contribution < 1.29 is 4.74 Å². The molecule has 7 nitrogen and oxygen atoms in total. The van der Waals surface area contributed by atoms with Gasteiger partial charge in [0, 0.05) is 32.6 Å². The van der Waals surface area contributed by atoms with Gasteiger partial charge in [-0.2, -0.15) is 11.8 Å². The first kappa shape index (κ1) is 22.6. The SMILES string of the molecule is CSCCCNC(=NCc1nnc(C)n1C)N1CCC(COCc2ccccc2)C1. The fourth-order valence-corrected chi connectivity index (χ4v) is 3.93. The fourth-order valence-electron chi connectivity index (χ4n) is 3.50. The van der Waals surface area contributed by atoms with E-state index in [0.29, 0.717) is 19.1 Å². The molecule has 30 heavy (non-hydrogen) atoms. The molecule has 3 rings (SSSR count). The highest BCUT2D eigenvalue weighted by molar-refractivity contribution is 7.98. The van der Waals surface area contributed by atoms with Gasteiger partial charge in [-0.1, -0.05) is 30.3 Å². The van der Waals surface area contributed by atoms with Crippen LogP contribution in [0.25, 0.3) is 0 Å². The van der Waals surface area contributed by atoms with E-state index < -0.39 is 0 Å². The standard InChI is InChI=1S/C22H34N6OS/c1-18-25-26-21(27(18)2)14-24-22(23-11-7-13-30-3)28-12-10-20(15-28)17-29-16-19-8-5-4-6-9-19/h4-6,8-9,20H,7,10-17H2,1-3H3,(H,23,24). The predicted octanol–water partition coefficient (Wildman–Crippen LogP) is 2.86. The highest BCUT2D eigenvalue weighted by atomic mass is 32.2. The molecular weight excluding hydrogens is 396 g/mol. The number of guanidine groups is 1. The Kier molecular flexibility index (Phi) is 9.01. The van der Waals surface area contributed by atoms with E-state index in [-0.39, 0.29) is 0 Å². The summed E-state index contributed by atoms with van der Waals surface area (Å²) in [5, 5.41) is 11.9. The van der Waals surface area contributed by atoms with Crippen LogP contribution in [-0.2, 0) is 24.9 Å². The normalized spacial score (nSPS) is 17.0. The minimum Gasteiger partial charge on any atom is -0.376 e. The molecule has 2 heterocycles. The summed E-state index contributed by atoms with van der Waals surface area (Å²) in [6.07, 6.45) is 4.40. The molecule has 0 amide bonds. The third-order valence-electron chi connectivity index (χ3n) is 5.41. The first-order chi connectivity index (χ1) is 14.7. The van der Waals surface area contributed by atoms with E-state index in [1.807, 2.05) is 36.4 Å². The van der Waals surface area contributed by atoms with Crippen LogP contribution in [0.3, 0.4) is 0 Å². The van der Waals surface area contributed by atoms with Crippen LogP contribution in [0.4, 0.5) is 0 Å². The van der Waals surface area contributed by atoms with Crippen molar-refractivity contribution in [2.45, 2.75) is 32.9 Å². The van der Waals surface area contributed by atoms with Crippen LogP contribution in [0.15, 0.2) is 35.3 Å². The number of hydrogen-bond donors (Lipinski definition) is 1. The average molecular weight is 431 g/mol. The van der Waals surface area contributed by atoms with Gasteiger partial charge in [0.15, 0.2) is 11.8 Å². The summed E-state index contributed by atoms with van der Waals surface area (Å²) in [6.45, 7) is 6.87. The Morgan fingerprint density at radius 1 is 1.30 bits per heavy atom. The van der Waals surface area contributed by atoms with Gasteiger partial charge in [0.25, 0.3) is 0 Å². The highest BCUT2D eigenvalue weighted by Crippen LogP contribution is 2.18. The van der Waals surface area contributed by atoms with Crippen molar-refractivity contribution in [1.82, 2.24) is 25.0 Å². The van der Waals surface area contributed by atoms with Crippen molar-refractivity contribution in [1.29, 1.82) is 0 Å². The van der Waals surface area contributed by atoms with Crippen LogP contribution in [0.5, 0.6) is 0 Å². The molecule has 164 valence electrons. The number of aromatic nitrogens is 3. The lowest BCUT2D eigenvalue weighted by molar-refractivity contribution is 0.0906. The largest absolute Gasteiger partial charge is 0.376 e. The molecule has 0 saturated carbocycles. The predicted molar refractivity (Wildman–Crippen MR) is 124 cm³/mol. The maximum Gasteiger partial charge on any atom is 0.194 e. The third-order valence-corrected chi connectivity index (χ3v) is 6.11. The molecule has 8 heteroatoms. The van der Waals surface area contributed by atoms with Crippen molar-refractivity contribution in [2.75, 3.05) is 38.2 Å². The summed E-state index contributed by atoms with van der Waals surface area (Å²) in [6, 6.07) is 10.4. The van der Waals surface area contributed by atoms with E-state index in [1.54, 1.807) is 0 Å². The molecule has 1 N–H and O–H groups in total. The lowest BCUT2D eigenvalue weighted by Crippen LogP contribution is -2.41. The molecular formula is C22H34N6OS. The van der Waals surface area contributed by atoms with E-state index in [9.17, 15) is 0 Å². The van der Waals surface area contributed by atoms with Gasteiger partial charge in [-0.05, 0) is 37.3 Å². The number of rotatable bonds is 10. The zero-order valence-electron chi connectivity index (χ0n) is 18.4. The third kappa shape index (κ3) is 6.74. The number of benzene rings is 1. The summed E-state index contributed by atoms with van der Waals surface area (Å²) < 4.78 is 7.98. The first-order valence-electron chi connectivity index (χ1n) is 10.7. The van der Waals surface area contributed by atoms with Gasteiger partial charge in [-0.25, -0.2) is 4.99 Å². The molecule has 1 fully saturated rings. The minimum atomic E-state index is 0.531. The van der Waals surface area contributed by atoms with Crippen LogP contribution in [0, 0.1) is 12.8 Å². The van der Waals surface area contributed by atoms with Crippen LogP contribution >= 0.6 is 11.8 Å². The summed E-state index contributed by atoms with van der Waals surface area (Å²) in [5.41, 5.74) is 1.23. The van der Waals surface area contributed by atoms with Gasteiger partial charge in [-0.15, -0.1) is 10.2 Å². The second kappa shape index (κ2) is 12.0.